The first kappa shape index (κ1) is 17.1. The summed E-state index contributed by atoms with van der Waals surface area (Å²) in [7, 11) is 0. The normalized spacial score (nSPS) is 23.8. The van der Waals surface area contributed by atoms with Crippen molar-refractivity contribution in [3.8, 4) is 0 Å². The monoisotopic (exact) mass is 347 g/mol. The second-order valence-corrected chi connectivity index (χ2v) is 8.64. The number of anilines is 1. The van der Waals surface area contributed by atoms with Gasteiger partial charge in [-0.05, 0) is 38.5 Å². The van der Waals surface area contributed by atoms with Gasteiger partial charge >= 0.3 is 0 Å². The number of aryl methyl sites for hydroxylation is 1. The molecule has 1 N–H and O–H groups in total. The number of hydrogen-bond acceptors (Lipinski definition) is 4. The molecule has 2 heterocycles. The maximum absolute atomic E-state index is 12.7. The lowest BCUT2D eigenvalue weighted by atomic mass is 10.1. The molecule has 3 rings (SSSR count). The highest BCUT2D eigenvalue weighted by molar-refractivity contribution is 8.01. The van der Waals surface area contributed by atoms with E-state index in [1.807, 2.05) is 18.7 Å². The van der Waals surface area contributed by atoms with Crippen molar-refractivity contribution in [2.75, 3.05) is 36.8 Å². The molecule has 0 aliphatic carbocycles. The van der Waals surface area contributed by atoms with Crippen LogP contribution in [-0.4, -0.2) is 59.4 Å². The molecule has 2 aliphatic heterocycles. The van der Waals surface area contributed by atoms with E-state index < -0.39 is 4.75 Å². The van der Waals surface area contributed by atoms with Gasteiger partial charge in [0.25, 0.3) is 0 Å². The molecule has 0 spiro atoms. The first-order valence-electron chi connectivity index (χ1n) is 8.42. The van der Waals surface area contributed by atoms with Crippen LogP contribution >= 0.6 is 11.8 Å². The minimum Gasteiger partial charge on any atom is -0.368 e. The molecule has 0 aromatic heterocycles. The van der Waals surface area contributed by atoms with Crippen LogP contribution in [0.1, 0.15) is 19.4 Å². The molecule has 1 unspecified atom stereocenters. The van der Waals surface area contributed by atoms with Gasteiger partial charge in [-0.2, -0.15) is 0 Å². The SMILES string of the molecule is Cc1cccc(N2CCN(C(=O)C3CSC(C)(C)C(=O)N3)CC2)c1. The van der Waals surface area contributed by atoms with E-state index in [4.69, 9.17) is 0 Å². The summed E-state index contributed by atoms with van der Waals surface area (Å²) < 4.78 is -0.444. The van der Waals surface area contributed by atoms with Crippen molar-refractivity contribution < 1.29 is 9.59 Å². The van der Waals surface area contributed by atoms with E-state index >= 15 is 0 Å². The zero-order valence-electron chi connectivity index (χ0n) is 14.5. The predicted octanol–water partition coefficient (Wildman–Crippen LogP) is 1.65. The topological polar surface area (TPSA) is 52.7 Å². The molecule has 2 amide bonds. The lowest BCUT2D eigenvalue weighted by Crippen LogP contribution is -2.60. The molecule has 24 heavy (non-hydrogen) atoms. The highest BCUT2D eigenvalue weighted by Crippen LogP contribution is 2.29. The van der Waals surface area contributed by atoms with Gasteiger partial charge in [0.15, 0.2) is 0 Å². The van der Waals surface area contributed by atoms with Crippen molar-refractivity contribution in [1.29, 1.82) is 0 Å². The van der Waals surface area contributed by atoms with E-state index in [-0.39, 0.29) is 17.9 Å². The molecule has 1 aromatic carbocycles. The molecular formula is C18H25N3O2S. The summed E-state index contributed by atoms with van der Waals surface area (Å²) in [6.45, 7) is 8.94. The lowest BCUT2D eigenvalue weighted by molar-refractivity contribution is -0.136. The van der Waals surface area contributed by atoms with Crippen molar-refractivity contribution in [2.45, 2.75) is 31.6 Å². The summed E-state index contributed by atoms with van der Waals surface area (Å²) in [6, 6.07) is 8.07. The van der Waals surface area contributed by atoms with Gasteiger partial charge in [-0.3, -0.25) is 9.59 Å². The van der Waals surface area contributed by atoms with E-state index in [1.165, 1.54) is 11.3 Å². The molecule has 1 aromatic rings. The van der Waals surface area contributed by atoms with Gasteiger partial charge in [-0.1, -0.05) is 12.1 Å². The second-order valence-electron chi connectivity index (χ2n) is 7.00. The Hall–Kier alpha value is -1.69. The zero-order chi connectivity index (χ0) is 17.3. The molecule has 6 heteroatoms. The summed E-state index contributed by atoms with van der Waals surface area (Å²) in [5, 5.41) is 2.89. The quantitative estimate of drug-likeness (QED) is 0.884. The summed E-state index contributed by atoms with van der Waals surface area (Å²) in [5.74, 6) is 0.654. The third-order valence-corrected chi connectivity index (χ3v) is 6.13. The smallest absolute Gasteiger partial charge is 0.246 e. The van der Waals surface area contributed by atoms with Crippen LogP contribution in [0.25, 0.3) is 0 Å². The Morgan fingerprint density at radius 2 is 1.96 bits per heavy atom. The number of rotatable bonds is 2. The van der Waals surface area contributed by atoms with Crippen LogP contribution in [0.5, 0.6) is 0 Å². The first-order chi connectivity index (χ1) is 11.4. The van der Waals surface area contributed by atoms with Crippen molar-refractivity contribution in [3.63, 3.8) is 0 Å². The van der Waals surface area contributed by atoms with Crippen molar-refractivity contribution >= 4 is 29.3 Å². The molecule has 1 atom stereocenters. The third kappa shape index (κ3) is 3.53. The number of thioether (sulfide) groups is 1. The van der Waals surface area contributed by atoms with Gasteiger partial charge in [-0.25, -0.2) is 0 Å². The average molecular weight is 347 g/mol. The van der Waals surface area contributed by atoms with E-state index in [0.29, 0.717) is 18.8 Å². The summed E-state index contributed by atoms with van der Waals surface area (Å²) in [6.07, 6.45) is 0. The molecule has 2 fully saturated rings. The fraction of sp³-hybridized carbons (Fsp3) is 0.556. The summed E-state index contributed by atoms with van der Waals surface area (Å²) in [4.78, 5) is 29.0. The minimum atomic E-state index is -0.444. The van der Waals surface area contributed by atoms with E-state index in [0.717, 1.165) is 13.1 Å². The van der Waals surface area contributed by atoms with Crippen LogP contribution in [0.2, 0.25) is 0 Å². The fourth-order valence-corrected chi connectivity index (χ4v) is 4.09. The van der Waals surface area contributed by atoms with E-state index in [1.54, 1.807) is 11.8 Å². The Labute approximate surface area is 147 Å². The van der Waals surface area contributed by atoms with Crippen molar-refractivity contribution in [1.82, 2.24) is 10.2 Å². The molecule has 2 aliphatic rings. The summed E-state index contributed by atoms with van der Waals surface area (Å²) >= 11 is 1.56. The minimum absolute atomic E-state index is 0.0458. The van der Waals surface area contributed by atoms with Crippen LogP contribution in [0.15, 0.2) is 24.3 Å². The molecule has 0 radical (unpaired) electrons. The van der Waals surface area contributed by atoms with Gasteiger partial charge in [-0.15, -0.1) is 11.8 Å². The van der Waals surface area contributed by atoms with Gasteiger partial charge in [0.05, 0.1) is 4.75 Å². The number of carbonyl (C=O) groups excluding carboxylic acids is 2. The number of carbonyl (C=O) groups is 2. The predicted molar refractivity (Wildman–Crippen MR) is 98.4 cm³/mol. The number of amides is 2. The Balaban J connectivity index is 1.57. The highest BCUT2D eigenvalue weighted by atomic mass is 32.2. The Morgan fingerprint density at radius 1 is 1.25 bits per heavy atom. The number of hydrogen-bond donors (Lipinski definition) is 1. The van der Waals surface area contributed by atoms with Crippen LogP contribution in [0, 0.1) is 6.92 Å². The molecule has 130 valence electrons. The highest BCUT2D eigenvalue weighted by Gasteiger charge is 2.39. The molecule has 5 nitrogen and oxygen atoms in total. The van der Waals surface area contributed by atoms with Gasteiger partial charge < -0.3 is 15.1 Å². The maximum atomic E-state index is 12.7. The standard InChI is InChI=1S/C18H25N3O2S/c1-13-5-4-6-14(11-13)20-7-9-21(10-8-20)16(22)15-12-24-18(2,3)17(23)19-15/h4-6,11,15H,7-10,12H2,1-3H3,(H,19,23). The zero-order valence-corrected chi connectivity index (χ0v) is 15.4. The van der Waals surface area contributed by atoms with Crippen LogP contribution in [0.3, 0.4) is 0 Å². The van der Waals surface area contributed by atoms with Gasteiger partial charge in [0.1, 0.15) is 6.04 Å². The molecular weight excluding hydrogens is 322 g/mol. The number of piperazine rings is 1. The van der Waals surface area contributed by atoms with Gasteiger partial charge in [0, 0.05) is 37.6 Å². The number of nitrogens with one attached hydrogen (secondary N) is 1. The third-order valence-electron chi connectivity index (χ3n) is 4.72. The van der Waals surface area contributed by atoms with Crippen molar-refractivity contribution in [2.24, 2.45) is 0 Å². The fourth-order valence-electron chi connectivity index (χ4n) is 3.09. The first-order valence-corrected chi connectivity index (χ1v) is 9.41. The van der Waals surface area contributed by atoms with Crippen LogP contribution < -0.4 is 10.2 Å². The van der Waals surface area contributed by atoms with Gasteiger partial charge in [0.2, 0.25) is 11.8 Å². The summed E-state index contributed by atoms with van der Waals surface area (Å²) in [5.41, 5.74) is 2.46. The Morgan fingerprint density at radius 3 is 2.58 bits per heavy atom. The second kappa shape index (κ2) is 6.67. The maximum Gasteiger partial charge on any atom is 0.246 e. The molecule has 0 saturated carbocycles. The molecule has 0 bridgehead atoms. The van der Waals surface area contributed by atoms with Crippen molar-refractivity contribution in [3.05, 3.63) is 29.8 Å². The largest absolute Gasteiger partial charge is 0.368 e. The Bertz CT molecular complexity index is 639. The number of nitrogens with zero attached hydrogens (tertiary/aromatic N) is 2. The van der Waals surface area contributed by atoms with Crippen LogP contribution in [0.4, 0.5) is 5.69 Å². The molecule has 2 saturated heterocycles. The van der Waals surface area contributed by atoms with Crippen LogP contribution in [-0.2, 0) is 9.59 Å². The average Bonchev–Trinajstić information content (AvgIpc) is 2.57. The Kier molecular flexibility index (Phi) is 4.76. The number of benzene rings is 1. The lowest BCUT2D eigenvalue weighted by Gasteiger charge is -2.40. The van der Waals surface area contributed by atoms with E-state index in [9.17, 15) is 9.59 Å². The van der Waals surface area contributed by atoms with E-state index in [2.05, 4.69) is 41.4 Å².